The molecule has 2 rings (SSSR count). The van der Waals surface area contributed by atoms with Crippen LogP contribution in [0.25, 0.3) is 10.8 Å². The van der Waals surface area contributed by atoms with Gasteiger partial charge >= 0.3 is 0 Å². The Kier molecular flexibility index (Phi) is 4.70. The van der Waals surface area contributed by atoms with Crippen LogP contribution in [-0.2, 0) is 0 Å². The molecular weight excluding hydrogens is 224 g/mol. The molecule has 0 radical (unpaired) electrons. The van der Waals surface area contributed by atoms with Gasteiger partial charge in [-0.25, -0.2) is 0 Å². The second-order valence-electron chi connectivity index (χ2n) is 4.39. The van der Waals surface area contributed by atoms with Crippen molar-refractivity contribution >= 4 is 10.8 Å². The van der Waals surface area contributed by atoms with E-state index in [1.54, 1.807) is 0 Å². The van der Waals surface area contributed by atoms with Crippen molar-refractivity contribution in [3.8, 4) is 0 Å². The van der Waals surface area contributed by atoms with E-state index in [2.05, 4.69) is 35.6 Å². The van der Waals surface area contributed by atoms with Gasteiger partial charge in [0.05, 0.1) is 0 Å². The summed E-state index contributed by atoms with van der Waals surface area (Å²) in [5.41, 5.74) is 7.08. The molecule has 2 aromatic rings. The van der Waals surface area contributed by atoms with E-state index in [1.165, 1.54) is 16.3 Å². The first-order valence-electron chi connectivity index (χ1n) is 6.38. The molecule has 1 unspecified atom stereocenters. The Morgan fingerprint density at radius 3 is 2.67 bits per heavy atom. The number of hydrogen-bond donors (Lipinski definition) is 3. The van der Waals surface area contributed by atoms with Gasteiger partial charge in [-0.05, 0) is 29.3 Å². The molecule has 0 aromatic heterocycles. The summed E-state index contributed by atoms with van der Waals surface area (Å²) in [6.07, 6.45) is 0.751. The third kappa shape index (κ3) is 2.88. The van der Waals surface area contributed by atoms with Crippen molar-refractivity contribution in [2.75, 3.05) is 19.7 Å². The molecule has 0 saturated heterocycles. The van der Waals surface area contributed by atoms with Crippen molar-refractivity contribution in [3.63, 3.8) is 0 Å². The minimum atomic E-state index is 0.141. The fraction of sp³-hybridized carbons (Fsp3) is 0.333. The summed E-state index contributed by atoms with van der Waals surface area (Å²) in [6, 6.07) is 14.8. The molecule has 18 heavy (non-hydrogen) atoms. The van der Waals surface area contributed by atoms with E-state index >= 15 is 0 Å². The lowest BCUT2D eigenvalue weighted by Gasteiger charge is -2.19. The Morgan fingerprint density at radius 1 is 1.11 bits per heavy atom. The molecule has 0 aliphatic heterocycles. The molecule has 0 heterocycles. The zero-order valence-corrected chi connectivity index (χ0v) is 10.5. The first kappa shape index (κ1) is 13.0. The maximum Gasteiger partial charge on any atom is 0.0450 e. The van der Waals surface area contributed by atoms with Gasteiger partial charge in [0.1, 0.15) is 0 Å². The molecule has 0 amide bonds. The van der Waals surface area contributed by atoms with Gasteiger partial charge in [0.15, 0.2) is 0 Å². The predicted octanol–water partition coefficient (Wildman–Crippen LogP) is 1.81. The molecule has 0 fully saturated rings. The number of fused-ring (bicyclic) bond motifs is 1. The second-order valence-corrected chi connectivity index (χ2v) is 4.39. The first-order valence-corrected chi connectivity index (χ1v) is 6.38. The van der Waals surface area contributed by atoms with E-state index < -0.39 is 0 Å². The van der Waals surface area contributed by atoms with Gasteiger partial charge in [0, 0.05) is 19.2 Å². The van der Waals surface area contributed by atoms with Crippen molar-refractivity contribution in [2.24, 2.45) is 5.73 Å². The maximum absolute atomic E-state index is 8.82. The quantitative estimate of drug-likeness (QED) is 0.679. The highest BCUT2D eigenvalue weighted by molar-refractivity contribution is 5.86. The molecule has 2 aromatic carbocycles. The van der Waals surface area contributed by atoms with Gasteiger partial charge in [0.25, 0.3) is 0 Å². The third-order valence-electron chi connectivity index (χ3n) is 3.16. The van der Waals surface area contributed by atoms with Crippen LogP contribution in [0, 0.1) is 0 Å². The summed E-state index contributed by atoms with van der Waals surface area (Å²) < 4.78 is 0. The largest absolute Gasteiger partial charge is 0.396 e. The molecule has 0 spiro atoms. The van der Waals surface area contributed by atoms with Crippen molar-refractivity contribution < 1.29 is 5.11 Å². The lowest BCUT2D eigenvalue weighted by molar-refractivity contribution is 0.283. The van der Waals surface area contributed by atoms with Gasteiger partial charge in [-0.2, -0.15) is 0 Å². The molecule has 96 valence electrons. The lowest BCUT2D eigenvalue weighted by Crippen LogP contribution is -2.29. The highest BCUT2D eigenvalue weighted by atomic mass is 16.3. The minimum Gasteiger partial charge on any atom is -0.396 e. The highest BCUT2D eigenvalue weighted by Crippen LogP contribution is 2.23. The summed E-state index contributed by atoms with van der Waals surface area (Å²) in [4.78, 5) is 0. The fourth-order valence-electron chi connectivity index (χ4n) is 2.23. The van der Waals surface area contributed by atoms with E-state index in [1.807, 2.05) is 12.1 Å². The van der Waals surface area contributed by atoms with Crippen LogP contribution in [0.5, 0.6) is 0 Å². The minimum absolute atomic E-state index is 0.141. The van der Waals surface area contributed by atoms with Crippen LogP contribution in [0.3, 0.4) is 0 Å². The lowest BCUT2D eigenvalue weighted by atomic mass is 9.98. The smallest absolute Gasteiger partial charge is 0.0450 e. The topological polar surface area (TPSA) is 58.3 Å². The number of aliphatic hydroxyl groups excluding tert-OH is 1. The fourth-order valence-corrected chi connectivity index (χ4v) is 2.23. The Balaban J connectivity index is 2.27. The predicted molar refractivity (Wildman–Crippen MR) is 75.4 cm³/mol. The van der Waals surface area contributed by atoms with Crippen molar-refractivity contribution in [1.29, 1.82) is 0 Å². The number of benzene rings is 2. The normalized spacial score (nSPS) is 12.8. The zero-order chi connectivity index (χ0) is 12.8. The third-order valence-corrected chi connectivity index (χ3v) is 3.16. The summed E-state index contributed by atoms with van der Waals surface area (Å²) in [5.74, 6) is 0. The van der Waals surface area contributed by atoms with E-state index in [0.717, 1.165) is 13.0 Å². The summed E-state index contributed by atoms with van der Waals surface area (Å²) in [7, 11) is 0. The molecule has 1 atom stereocenters. The number of rotatable bonds is 6. The SMILES string of the molecule is NCC(NCCCO)c1cccc2ccccc12. The molecule has 3 heteroatoms. The van der Waals surface area contributed by atoms with Crippen LogP contribution in [0.15, 0.2) is 42.5 Å². The van der Waals surface area contributed by atoms with Crippen LogP contribution in [0.2, 0.25) is 0 Å². The highest BCUT2D eigenvalue weighted by Gasteiger charge is 2.11. The Hall–Kier alpha value is -1.42. The van der Waals surface area contributed by atoms with Gasteiger partial charge in [-0.15, -0.1) is 0 Å². The molecule has 0 saturated carbocycles. The van der Waals surface area contributed by atoms with Gasteiger partial charge in [-0.3, -0.25) is 0 Å². The molecule has 4 N–H and O–H groups in total. The summed E-state index contributed by atoms with van der Waals surface area (Å²) in [6.45, 7) is 1.54. The van der Waals surface area contributed by atoms with E-state index in [-0.39, 0.29) is 12.6 Å². The first-order chi connectivity index (χ1) is 8.86. The standard InChI is InChI=1S/C15H20N2O/c16-11-15(17-9-4-10-18)14-8-3-6-12-5-1-2-7-13(12)14/h1-3,5-8,15,17-18H,4,9-11,16H2. The van der Waals surface area contributed by atoms with Crippen LogP contribution < -0.4 is 11.1 Å². The average molecular weight is 244 g/mol. The Labute approximate surface area is 108 Å². The molecular formula is C15H20N2O. The van der Waals surface area contributed by atoms with Crippen molar-refractivity contribution in [3.05, 3.63) is 48.0 Å². The maximum atomic E-state index is 8.82. The Morgan fingerprint density at radius 2 is 1.89 bits per heavy atom. The molecule has 0 aliphatic carbocycles. The van der Waals surface area contributed by atoms with Crippen LogP contribution in [-0.4, -0.2) is 24.8 Å². The van der Waals surface area contributed by atoms with Crippen LogP contribution in [0.1, 0.15) is 18.0 Å². The monoisotopic (exact) mass is 244 g/mol. The van der Waals surface area contributed by atoms with E-state index in [9.17, 15) is 0 Å². The summed E-state index contributed by atoms with van der Waals surface area (Å²) in [5, 5.41) is 14.7. The summed E-state index contributed by atoms with van der Waals surface area (Å²) >= 11 is 0. The van der Waals surface area contributed by atoms with Crippen molar-refractivity contribution in [2.45, 2.75) is 12.5 Å². The number of nitrogens with one attached hydrogen (secondary N) is 1. The second kappa shape index (κ2) is 6.50. The van der Waals surface area contributed by atoms with Crippen LogP contribution in [0.4, 0.5) is 0 Å². The van der Waals surface area contributed by atoms with Crippen molar-refractivity contribution in [1.82, 2.24) is 5.32 Å². The molecule has 0 bridgehead atoms. The van der Waals surface area contributed by atoms with Gasteiger partial charge in [0.2, 0.25) is 0 Å². The van der Waals surface area contributed by atoms with Gasteiger partial charge in [-0.1, -0.05) is 42.5 Å². The number of hydrogen-bond acceptors (Lipinski definition) is 3. The number of nitrogens with two attached hydrogens (primary N) is 1. The average Bonchev–Trinajstić information content (AvgIpc) is 2.43. The van der Waals surface area contributed by atoms with Crippen LogP contribution >= 0.6 is 0 Å². The molecule has 3 nitrogen and oxygen atoms in total. The number of aliphatic hydroxyl groups is 1. The molecule has 0 aliphatic rings. The zero-order valence-electron chi connectivity index (χ0n) is 10.5. The Bertz CT molecular complexity index is 493. The van der Waals surface area contributed by atoms with E-state index in [0.29, 0.717) is 6.54 Å². The van der Waals surface area contributed by atoms with E-state index in [4.69, 9.17) is 10.8 Å². The van der Waals surface area contributed by atoms with Gasteiger partial charge < -0.3 is 16.2 Å².